The molecule has 1 aromatic rings. The Balaban J connectivity index is 0.00000441. The molecular weight excluding hydrogens is 332 g/mol. The maximum atomic E-state index is 12.1. The van der Waals surface area contributed by atoms with Gasteiger partial charge in [0, 0.05) is 12.6 Å². The molecule has 0 unspecified atom stereocenters. The van der Waals surface area contributed by atoms with Crippen molar-refractivity contribution in [3.63, 3.8) is 0 Å². The van der Waals surface area contributed by atoms with Gasteiger partial charge in [0.2, 0.25) is 10.0 Å². The van der Waals surface area contributed by atoms with E-state index in [-0.39, 0.29) is 28.6 Å². The summed E-state index contributed by atoms with van der Waals surface area (Å²) >= 11 is 0. The molecule has 0 saturated carbocycles. The van der Waals surface area contributed by atoms with E-state index in [2.05, 4.69) is 9.46 Å². The predicted octanol–water partition coefficient (Wildman–Crippen LogP) is 0.921. The van der Waals surface area contributed by atoms with Gasteiger partial charge in [-0.15, -0.1) is 12.4 Å². The first-order chi connectivity index (χ1) is 9.96. The van der Waals surface area contributed by atoms with Crippen molar-refractivity contribution in [3.05, 3.63) is 23.8 Å². The number of carbonyl (C=O) groups is 1. The van der Waals surface area contributed by atoms with E-state index < -0.39 is 16.0 Å². The lowest BCUT2D eigenvalue weighted by Crippen LogP contribution is -2.25. The lowest BCUT2D eigenvalue weighted by Gasteiger charge is -2.10. The van der Waals surface area contributed by atoms with E-state index in [0.717, 1.165) is 6.42 Å². The van der Waals surface area contributed by atoms with Crippen molar-refractivity contribution in [1.82, 2.24) is 4.72 Å². The van der Waals surface area contributed by atoms with Crippen molar-refractivity contribution < 1.29 is 22.7 Å². The van der Waals surface area contributed by atoms with Gasteiger partial charge in [0.25, 0.3) is 0 Å². The van der Waals surface area contributed by atoms with E-state index in [4.69, 9.17) is 10.5 Å². The largest absolute Gasteiger partial charge is 0.496 e. The monoisotopic (exact) mass is 352 g/mol. The number of benzene rings is 1. The average Bonchev–Trinajstić information content (AvgIpc) is 2.50. The zero-order valence-electron chi connectivity index (χ0n) is 12.5. The highest BCUT2D eigenvalue weighted by atomic mass is 35.5. The Hall–Kier alpha value is -1.35. The molecule has 0 aromatic heterocycles. The maximum Gasteiger partial charge on any atom is 0.341 e. The molecule has 0 fully saturated rings. The standard InChI is InChI=1S/C13H20N2O5S.ClH/c1-19-12-9-10(5-6-11(12)13(16)20-2)21(17,18)15-8-4-3-7-14;/h5-6,9,15H,3-4,7-8,14H2,1-2H3;1H. The third kappa shape index (κ3) is 5.45. The molecule has 0 amide bonds. The SMILES string of the molecule is COC(=O)c1ccc(S(=O)(=O)NCCCCN)cc1OC.Cl. The van der Waals surface area contributed by atoms with Crippen molar-refractivity contribution in [1.29, 1.82) is 0 Å². The van der Waals surface area contributed by atoms with Crippen molar-refractivity contribution in [2.24, 2.45) is 5.73 Å². The van der Waals surface area contributed by atoms with Crippen LogP contribution in [0, 0.1) is 0 Å². The fourth-order valence-corrected chi connectivity index (χ4v) is 2.77. The van der Waals surface area contributed by atoms with Crippen LogP contribution in [0.4, 0.5) is 0 Å². The van der Waals surface area contributed by atoms with E-state index in [1.54, 1.807) is 0 Å². The second kappa shape index (κ2) is 9.62. The highest BCUT2D eigenvalue weighted by Crippen LogP contribution is 2.23. The lowest BCUT2D eigenvalue weighted by atomic mass is 10.2. The maximum absolute atomic E-state index is 12.1. The smallest absolute Gasteiger partial charge is 0.341 e. The lowest BCUT2D eigenvalue weighted by molar-refractivity contribution is 0.0597. The van der Waals surface area contributed by atoms with Crippen LogP contribution in [0.2, 0.25) is 0 Å². The second-order valence-corrected chi connectivity index (χ2v) is 6.01. The summed E-state index contributed by atoms with van der Waals surface area (Å²) in [6.07, 6.45) is 1.40. The summed E-state index contributed by atoms with van der Waals surface area (Å²) in [5.74, 6) is -0.446. The number of nitrogens with two attached hydrogens (primary N) is 1. The van der Waals surface area contributed by atoms with Gasteiger partial charge >= 0.3 is 5.97 Å². The van der Waals surface area contributed by atoms with Crippen LogP contribution >= 0.6 is 12.4 Å². The first-order valence-electron chi connectivity index (χ1n) is 6.42. The molecule has 3 N–H and O–H groups in total. The third-order valence-electron chi connectivity index (χ3n) is 2.81. The van der Waals surface area contributed by atoms with E-state index in [9.17, 15) is 13.2 Å². The van der Waals surface area contributed by atoms with Crippen LogP contribution in [0.3, 0.4) is 0 Å². The zero-order valence-corrected chi connectivity index (χ0v) is 14.1. The summed E-state index contributed by atoms with van der Waals surface area (Å²) in [5, 5.41) is 0. The highest BCUT2D eigenvalue weighted by molar-refractivity contribution is 7.89. The highest BCUT2D eigenvalue weighted by Gasteiger charge is 2.19. The molecule has 0 radical (unpaired) electrons. The number of unbranched alkanes of at least 4 members (excludes halogenated alkanes) is 1. The van der Waals surface area contributed by atoms with Gasteiger partial charge < -0.3 is 15.2 Å². The summed E-state index contributed by atoms with van der Waals surface area (Å²) in [4.78, 5) is 11.5. The van der Waals surface area contributed by atoms with E-state index in [0.29, 0.717) is 19.5 Å². The quantitative estimate of drug-likeness (QED) is 0.532. The van der Waals surface area contributed by atoms with Gasteiger partial charge in [-0.2, -0.15) is 0 Å². The molecule has 22 heavy (non-hydrogen) atoms. The van der Waals surface area contributed by atoms with Gasteiger partial charge in [-0.3, -0.25) is 0 Å². The molecule has 7 nitrogen and oxygen atoms in total. The molecule has 0 heterocycles. The minimum Gasteiger partial charge on any atom is -0.496 e. The minimum atomic E-state index is -3.65. The summed E-state index contributed by atoms with van der Waals surface area (Å²) in [5.41, 5.74) is 5.52. The van der Waals surface area contributed by atoms with Crippen molar-refractivity contribution in [2.75, 3.05) is 27.3 Å². The number of sulfonamides is 1. The third-order valence-corrected chi connectivity index (χ3v) is 4.27. The number of nitrogens with one attached hydrogen (secondary N) is 1. The van der Waals surface area contributed by atoms with Crippen LogP contribution in [-0.2, 0) is 14.8 Å². The fourth-order valence-electron chi connectivity index (χ4n) is 1.68. The predicted molar refractivity (Wildman–Crippen MR) is 85.1 cm³/mol. The number of carbonyl (C=O) groups excluding carboxylic acids is 1. The molecule has 0 saturated heterocycles. The van der Waals surface area contributed by atoms with Gasteiger partial charge in [-0.1, -0.05) is 0 Å². The Morgan fingerprint density at radius 2 is 1.95 bits per heavy atom. The van der Waals surface area contributed by atoms with Gasteiger partial charge in [-0.25, -0.2) is 17.9 Å². The Bertz CT molecular complexity index is 592. The van der Waals surface area contributed by atoms with Crippen LogP contribution in [0.25, 0.3) is 0 Å². The Morgan fingerprint density at radius 3 is 2.50 bits per heavy atom. The summed E-state index contributed by atoms with van der Waals surface area (Å²) in [6, 6.07) is 3.98. The minimum absolute atomic E-state index is 0. The van der Waals surface area contributed by atoms with E-state index >= 15 is 0 Å². The van der Waals surface area contributed by atoms with Crippen LogP contribution in [0.1, 0.15) is 23.2 Å². The first-order valence-corrected chi connectivity index (χ1v) is 7.90. The molecule has 126 valence electrons. The molecule has 0 spiro atoms. The number of hydrogen-bond acceptors (Lipinski definition) is 6. The molecule has 0 bridgehead atoms. The average molecular weight is 353 g/mol. The van der Waals surface area contributed by atoms with Crippen LogP contribution in [-0.4, -0.2) is 41.7 Å². The Labute approximate surface area is 136 Å². The first kappa shape index (κ1) is 20.6. The second-order valence-electron chi connectivity index (χ2n) is 4.25. The summed E-state index contributed by atoms with van der Waals surface area (Å²) in [6.45, 7) is 0.823. The molecule has 0 atom stereocenters. The normalized spacial score (nSPS) is 10.7. The molecule has 0 aliphatic heterocycles. The van der Waals surface area contributed by atoms with E-state index in [1.165, 1.54) is 32.4 Å². The van der Waals surface area contributed by atoms with Gasteiger partial charge in [0.15, 0.2) is 0 Å². The van der Waals surface area contributed by atoms with Gasteiger partial charge in [0.05, 0.1) is 19.1 Å². The number of halogens is 1. The van der Waals surface area contributed by atoms with Crippen LogP contribution in [0.5, 0.6) is 5.75 Å². The number of ether oxygens (including phenoxy) is 2. The summed E-state index contributed by atoms with van der Waals surface area (Å²) in [7, 11) is -1.05. The molecule has 9 heteroatoms. The topological polar surface area (TPSA) is 108 Å². The summed E-state index contributed by atoms with van der Waals surface area (Å²) < 4.78 is 36.3. The molecular formula is C13H21ClN2O5S. The Kier molecular flexibility index (Phi) is 9.03. The molecule has 0 aliphatic rings. The number of esters is 1. The molecule has 1 rings (SSSR count). The van der Waals surface area contributed by atoms with Gasteiger partial charge in [0.1, 0.15) is 11.3 Å². The van der Waals surface area contributed by atoms with Crippen molar-refractivity contribution in [3.8, 4) is 5.75 Å². The zero-order chi connectivity index (χ0) is 15.9. The van der Waals surface area contributed by atoms with Crippen LogP contribution in [0.15, 0.2) is 23.1 Å². The fraction of sp³-hybridized carbons (Fsp3) is 0.462. The van der Waals surface area contributed by atoms with Crippen LogP contribution < -0.4 is 15.2 Å². The van der Waals surface area contributed by atoms with Crippen molar-refractivity contribution >= 4 is 28.4 Å². The number of hydrogen-bond donors (Lipinski definition) is 2. The number of rotatable bonds is 8. The Morgan fingerprint density at radius 1 is 1.27 bits per heavy atom. The van der Waals surface area contributed by atoms with Crippen molar-refractivity contribution in [2.45, 2.75) is 17.7 Å². The van der Waals surface area contributed by atoms with Gasteiger partial charge in [-0.05, 0) is 31.5 Å². The van der Waals surface area contributed by atoms with E-state index in [1.807, 2.05) is 0 Å². The molecule has 0 aliphatic carbocycles. The number of methoxy groups -OCH3 is 2. The molecule has 1 aromatic carbocycles.